The number of rotatable bonds is 5. The number of carbonyl (C=O) groups excluding carboxylic acids is 1. The van der Waals surface area contributed by atoms with Crippen LogP contribution in [0.4, 0.5) is 9.52 Å². The number of fused-ring (bicyclic) bond motifs is 1. The molecule has 0 saturated heterocycles. The summed E-state index contributed by atoms with van der Waals surface area (Å²) in [5.74, 6) is -0.505. The number of carbonyl (C=O) groups is 1. The van der Waals surface area contributed by atoms with Crippen LogP contribution in [0, 0.1) is 5.82 Å². The van der Waals surface area contributed by atoms with Crippen molar-refractivity contribution in [1.29, 1.82) is 0 Å². The number of amides is 1. The van der Waals surface area contributed by atoms with E-state index in [4.69, 9.17) is 4.74 Å². The van der Waals surface area contributed by atoms with E-state index in [1.165, 1.54) is 29.5 Å². The number of aromatic nitrogens is 3. The standard InChI is InChI=1S/C18H13FN4O2S/c19-13-7-4-8-14(9-13)25-11-16(24)21-17-22-23-10-15(20-18(23)26-17)12-5-2-1-3-6-12/h1-10H,11H2,(H,21,22,24). The summed E-state index contributed by atoms with van der Waals surface area (Å²) in [6.45, 7) is -0.236. The van der Waals surface area contributed by atoms with E-state index < -0.39 is 5.82 Å². The number of hydrogen-bond donors (Lipinski definition) is 1. The molecule has 6 nitrogen and oxygen atoms in total. The molecule has 0 spiro atoms. The van der Waals surface area contributed by atoms with E-state index in [1.807, 2.05) is 30.3 Å². The summed E-state index contributed by atoms with van der Waals surface area (Å²) in [6.07, 6.45) is 1.81. The van der Waals surface area contributed by atoms with Crippen molar-refractivity contribution in [3.63, 3.8) is 0 Å². The van der Waals surface area contributed by atoms with Gasteiger partial charge >= 0.3 is 0 Å². The lowest BCUT2D eigenvalue weighted by Gasteiger charge is -2.05. The lowest BCUT2D eigenvalue weighted by atomic mass is 10.2. The van der Waals surface area contributed by atoms with Crippen molar-refractivity contribution in [2.24, 2.45) is 0 Å². The van der Waals surface area contributed by atoms with Gasteiger partial charge in [0.2, 0.25) is 10.1 Å². The van der Waals surface area contributed by atoms with E-state index in [0.29, 0.717) is 15.8 Å². The van der Waals surface area contributed by atoms with Crippen molar-refractivity contribution in [3.05, 3.63) is 66.6 Å². The zero-order valence-electron chi connectivity index (χ0n) is 13.4. The zero-order valence-corrected chi connectivity index (χ0v) is 14.2. The molecule has 0 atom stereocenters. The van der Waals surface area contributed by atoms with Crippen LogP contribution in [0.5, 0.6) is 5.75 Å². The van der Waals surface area contributed by atoms with E-state index in [9.17, 15) is 9.18 Å². The van der Waals surface area contributed by atoms with Gasteiger partial charge in [-0.15, -0.1) is 5.10 Å². The van der Waals surface area contributed by atoms with Crippen LogP contribution < -0.4 is 10.1 Å². The fraction of sp³-hybridized carbons (Fsp3) is 0.0556. The summed E-state index contributed by atoms with van der Waals surface area (Å²) in [5, 5.41) is 7.36. The third-order valence-corrected chi connectivity index (χ3v) is 4.36. The lowest BCUT2D eigenvalue weighted by Crippen LogP contribution is -2.20. The van der Waals surface area contributed by atoms with Gasteiger partial charge in [0.05, 0.1) is 11.9 Å². The summed E-state index contributed by atoms with van der Waals surface area (Å²) >= 11 is 1.26. The van der Waals surface area contributed by atoms with Gasteiger partial charge in [-0.2, -0.15) is 0 Å². The molecular weight excluding hydrogens is 355 g/mol. The van der Waals surface area contributed by atoms with Crippen molar-refractivity contribution in [1.82, 2.24) is 14.6 Å². The average molecular weight is 368 g/mol. The minimum absolute atomic E-state index is 0.236. The van der Waals surface area contributed by atoms with Gasteiger partial charge < -0.3 is 4.74 Å². The first-order chi connectivity index (χ1) is 12.7. The van der Waals surface area contributed by atoms with Crippen molar-refractivity contribution in [3.8, 4) is 17.0 Å². The SMILES string of the molecule is O=C(COc1cccc(F)c1)Nc1nn2cc(-c3ccccc3)nc2s1. The predicted molar refractivity (Wildman–Crippen MR) is 96.8 cm³/mol. The normalized spacial score (nSPS) is 10.8. The molecule has 0 saturated carbocycles. The van der Waals surface area contributed by atoms with Gasteiger partial charge in [0.25, 0.3) is 5.91 Å². The highest BCUT2D eigenvalue weighted by Crippen LogP contribution is 2.24. The van der Waals surface area contributed by atoms with Crippen molar-refractivity contribution >= 4 is 27.3 Å². The Morgan fingerprint density at radius 2 is 2.04 bits per heavy atom. The smallest absolute Gasteiger partial charge is 0.264 e. The first-order valence-corrected chi connectivity index (χ1v) is 8.59. The van der Waals surface area contributed by atoms with Gasteiger partial charge in [0.1, 0.15) is 11.6 Å². The van der Waals surface area contributed by atoms with E-state index in [2.05, 4.69) is 15.4 Å². The van der Waals surface area contributed by atoms with Gasteiger partial charge in [-0.05, 0) is 12.1 Å². The first kappa shape index (κ1) is 16.2. The monoisotopic (exact) mass is 368 g/mol. The maximum atomic E-state index is 13.1. The third-order valence-electron chi connectivity index (χ3n) is 3.53. The summed E-state index contributed by atoms with van der Waals surface area (Å²) in [6, 6.07) is 15.4. The fourth-order valence-corrected chi connectivity index (χ4v) is 3.16. The van der Waals surface area contributed by atoms with Crippen LogP contribution in [0.25, 0.3) is 16.2 Å². The Balaban J connectivity index is 1.41. The first-order valence-electron chi connectivity index (χ1n) is 7.77. The maximum absolute atomic E-state index is 13.1. The summed E-state index contributed by atoms with van der Waals surface area (Å²) in [5.41, 5.74) is 1.82. The lowest BCUT2D eigenvalue weighted by molar-refractivity contribution is -0.118. The molecule has 0 bridgehead atoms. The van der Waals surface area contributed by atoms with Crippen LogP contribution in [-0.4, -0.2) is 27.1 Å². The molecule has 2 heterocycles. The van der Waals surface area contributed by atoms with Crippen molar-refractivity contribution < 1.29 is 13.9 Å². The Morgan fingerprint density at radius 3 is 2.81 bits per heavy atom. The zero-order chi connectivity index (χ0) is 17.9. The van der Waals surface area contributed by atoms with Crippen molar-refractivity contribution in [2.75, 3.05) is 11.9 Å². The van der Waals surface area contributed by atoms with Crippen LogP contribution >= 0.6 is 11.3 Å². The summed E-state index contributed by atoms with van der Waals surface area (Å²) < 4.78 is 20.0. The number of hydrogen-bond acceptors (Lipinski definition) is 5. The largest absolute Gasteiger partial charge is 0.484 e. The molecule has 0 fully saturated rings. The summed E-state index contributed by atoms with van der Waals surface area (Å²) in [4.78, 5) is 17.1. The number of imidazole rings is 1. The second kappa shape index (κ2) is 6.93. The molecule has 1 amide bonds. The molecule has 0 aliphatic rings. The number of ether oxygens (including phenoxy) is 1. The highest BCUT2D eigenvalue weighted by molar-refractivity contribution is 7.20. The van der Waals surface area contributed by atoms with Gasteiger partial charge in [0, 0.05) is 11.6 Å². The van der Waals surface area contributed by atoms with Gasteiger partial charge in [-0.3, -0.25) is 10.1 Å². The maximum Gasteiger partial charge on any atom is 0.264 e. The van der Waals surface area contributed by atoms with E-state index in [1.54, 1.807) is 16.8 Å². The van der Waals surface area contributed by atoms with Crippen LogP contribution in [0.2, 0.25) is 0 Å². The van der Waals surface area contributed by atoms with E-state index in [-0.39, 0.29) is 12.5 Å². The number of anilines is 1. The molecule has 0 aliphatic heterocycles. The van der Waals surface area contributed by atoms with E-state index >= 15 is 0 Å². The number of nitrogens with zero attached hydrogens (tertiary/aromatic N) is 3. The minimum Gasteiger partial charge on any atom is -0.484 e. The van der Waals surface area contributed by atoms with E-state index in [0.717, 1.165) is 11.3 Å². The minimum atomic E-state index is -0.418. The molecule has 1 N–H and O–H groups in total. The molecule has 130 valence electrons. The van der Waals surface area contributed by atoms with Crippen LogP contribution in [-0.2, 0) is 4.79 Å². The predicted octanol–water partition coefficient (Wildman–Crippen LogP) is 3.61. The topological polar surface area (TPSA) is 68.5 Å². The number of benzene rings is 2. The van der Waals surface area contributed by atoms with Crippen LogP contribution in [0.15, 0.2) is 60.8 Å². The van der Waals surface area contributed by atoms with Gasteiger partial charge in [0.15, 0.2) is 6.61 Å². The van der Waals surface area contributed by atoms with Crippen LogP contribution in [0.3, 0.4) is 0 Å². The molecule has 26 heavy (non-hydrogen) atoms. The number of halogens is 1. The molecule has 4 aromatic rings. The molecule has 0 radical (unpaired) electrons. The Bertz CT molecular complexity index is 1030. The Labute approximate surface area is 151 Å². The molecule has 0 unspecified atom stereocenters. The highest BCUT2D eigenvalue weighted by Gasteiger charge is 2.12. The summed E-state index contributed by atoms with van der Waals surface area (Å²) in [7, 11) is 0. The Morgan fingerprint density at radius 1 is 1.19 bits per heavy atom. The third kappa shape index (κ3) is 3.55. The van der Waals surface area contributed by atoms with Crippen LogP contribution in [0.1, 0.15) is 0 Å². The quantitative estimate of drug-likeness (QED) is 0.584. The molecule has 2 aromatic heterocycles. The molecule has 4 rings (SSSR count). The molecule has 8 heteroatoms. The van der Waals surface area contributed by atoms with Gasteiger partial charge in [-0.1, -0.05) is 47.7 Å². The number of nitrogens with one attached hydrogen (secondary N) is 1. The molecule has 0 aliphatic carbocycles. The second-order valence-corrected chi connectivity index (χ2v) is 6.38. The average Bonchev–Trinajstić information content (AvgIpc) is 3.19. The molecular formula is C18H13FN4O2S. The molecule has 2 aromatic carbocycles. The highest BCUT2D eigenvalue weighted by atomic mass is 32.1. The van der Waals surface area contributed by atoms with Gasteiger partial charge in [-0.25, -0.2) is 13.9 Å². The van der Waals surface area contributed by atoms with Crippen molar-refractivity contribution in [2.45, 2.75) is 0 Å². The fourth-order valence-electron chi connectivity index (χ4n) is 2.36. The second-order valence-electron chi connectivity index (χ2n) is 5.42. The Hall–Kier alpha value is -3.26. The Kier molecular flexibility index (Phi) is 4.32.